The molecule has 1 aliphatic carbocycles. The summed E-state index contributed by atoms with van der Waals surface area (Å²) in [5, 5.41) is 3.80. The summed E-state index contributed by atoms with van der Waals surface area (Å²) in [6, 6.07) is 0.798. The zero-order valence-corrected chi connectivity index (χ0v) is 10.9. The van der Waals surface area contributed by atoms with Gasteiger partial charge >= 0.3 is 0 Å². The maximum Gasteiger partial charge on any atom is 0.00928 e. The van der Waals surface area contributed by atoms with Crippen LogP contribution in [0.1, 0.15) is 65.7 Å². The number of nitrogens with one attached hydrogen (secondary N) is 1. The third-order valence-electron chi connectivity index (χ3n) is 3.87. The zero-order chi connectivity index (χ0) is 11.1. The molecule has 90 valence electrons. The van der Waals surface area contributed by atoms with Crippen molar-refractivity contribution in [2.45, 2.75) is 71.8 Å². The van der Waals surface area contributed by atoms with Crippen molar-refractivity contribution in [2.75, 3.05) is 6.54 Å². The van der Waals surface area contributed by atoms with Crippen LogP contribution in [0.15, 0.2) is 0 Å². The number of rotatable bonds is 5. The SMILES string of the molecule is CCCC(C)CNC1CCCCCC1C. The minimum atomic E-state index is 0.798. The molecule has 3 atom stereocenters. The standard InChI is InChI=1S/C14H29N/c1-4-8-12(2)11-15-14-10-7-5-6-9-13(14)3/h12-15H,4-11H2,1-3H3. The minimum Gasteiger partial charge on any atom is -0.313 e. The molecule has 1 aliphatic rings. The maximum atomic E-state index is 3.80. The van der Waals surface area contributed by atoms with Crippen LogP contribution in [-0.4, -0.2) is 12.6 Å². The van der Waals surface area contributed by atoms with E-state index >= 15 is 0 Å². The van der Waals surface area contributed by atoms with Crippen molar-refractivity contribution in [3.63, 3.8) is 0 Å². The first-order valence-electron chi connectivity index (χ1n) is 6.97. The molecule has 0 aromatic heterocycles. The second kappa shape index (κ2) is 7.27. The van der Waals surface area contributed by atoms with Crippen molar-refractivity contribution >= 4 is 0 Å². The molecule has 0 aromatic rings. The van der Waals surface area contributed by atoms with Gasteiger partial charge in [-0.05, 0) is 37.6 Å². The van der Waals surface area contributed by atoms with Gasteiger partial charge in [-0.3, -0.25) is 0 Å². The van der Waals surface area contributed by atoms with Crippen LogP contribution in [0.5, 0.6) is 0 Å². The van der Waals surface area contributed by atoms with Crippen molar-refractivity contribution in [3.05, 3.63) is 0 Å². The highest BCUT2D eigenvalue weighted by Crippen LogP contribution is 2.23. The van der Waals surface area contributed by atoms with E-state index in [2.05, 4.69) is 26.1 Å². The lowest BCUT2D eigenvalue weighted by Gasteiger charge is -2.24. The van der Waals surface area contributed by atoms with E-state index in [1.807, 2.05) is 0 Å². The van der Waals surface area contributed by atoms with Crippen molar-refractivity contribution in [1.82, 2.24) is 5.32 Å². The fraction of sp³-hybridized carbons (Fsp3) is 1.00. The Labute approximate surface area is 96.0 Å². The van der Waals surface area contributed by atoms with E-state index in [9.17, 15) is 0 Å². The first kappa shape index (κ1) is 13.0. The summed E-state index contributed by atoms with van der Waals surface area (Å²) in [7, 11) is 0. The number of hydrogen-bond donors (Lipinski definition) is 1. The molecule has 1 fully saturated rings. The summed E-state index contributed by atoms with van der Waals surface area (Å²) >= 11 is 0. The monoisotopic (exact) mass is 211 g/mol. The fourth-order valence-corrected chi connectivity index (χ4v) is 2.74. The Morgan fingerprint density at radius 1 is 1.20 bits per heavy atom. The molecule has 0 bridgehead atoms. The molecule has 0 heterocycles. The Hall–Kier alpha value is -0.0400. The van der Waals surface area contributed by atoms with E-state index < -0.39 is 0 Å². The molecular weight excluding hydrogens is 182 g/mol. The second-order valence-electron chi connectivity index (χ2n) is 5.52. The van der Waals surface area contributed by atoms with Gasteiger partial charge in [-0.2, -0.15) is 0 Å². The van der Waals surface area contributed by atoms with E-state index in [-0.39, 0.29) is 0 Å². The quantitative estimate of drug-likeness (QED) is 0.678. The molecule has 3 unspecified atom stereocenters. The Balaban J connectivity index is 2.22. The van der Waals surface area contributed by atoms with Gasteiger partial charge in [0.1, 0.15) is 0 Å². The molecule has 1 rings (SSSR count). The molecule has 0 aliphatic heterocycles. The van der Waals surface area contributed by atoms with Crippen LogP contribution < -0.4 is 5.32 Å². The Bertz CT molecular complexity index is 155. The van der Waals surface area contributed by atoms with E-state index in [1.165, 1.54) is 51.5 Å². The molecule has 1 N–H and O–H groups in total. The highest BCUT2D eigenvalue weighted by Gasteiger charge is 2.19. The van der Waals surface area contributed by atoms with Crippen LogP contribution >= 0.6 is 0 Å². The summed E-state index contributed by atoms with van der Waals surface area (Å²) in [5.41, 5.74) is 0. The molecule has 15 heavy (non-hydrogen) atoms. The fourth-order valence-electron chi connectivity index (χ4n) is 2.74. The topological polar surface area (TPSA) is 12.0 Å². The van der Waals surface area contributed by atoms with Gasteiger partial charge in [-0.15, -0.1) is 0 Å². The van der Waals surface area contributed by atoms with E-state index in [0.29, 0.717) is 0 Å². The Morgan fingerprint density at radius 3 is 2.67 bits per heavy atom. The highest BCUT2D eigenvalue weighted by molar-refractivity contribution is 4.77. The molecule has 1 saturated carbocycles. The van der Waals surface area contributed by atoms with Gasteiger partial charge in [-0.25, -0.2) is 0 Å². The van der Waals surface area contributed by atoms with Crippen LogP contribution in [0.2, 0.25) is 0 Å². The van der Waals surface area contributed by atoms with E-state index in [0.717, 1.165) is 17.9 Å². The lowest BCUT2D eigenvalue weighted by atomic mass is 9.96. The largest absolute Gasteiger partial charge is 0.313 e. The zero-order valence-electron chi connectivity index (χ0n) is 10.9. The third-order valence-corrected chi connectivity index (χ3v) is 3.87. The smallest absolute Gasteiger partial charge is 0.00928 e. The van der Waals surface area contributed by atoms with Gasteiger partial charge in [0.05, 0.1) is 0 Å². The second-order valence-corrected chi connectivity index (χ2v) is 5.52. The molecule has 0 radical (unpaired) electrons. The number of hydrogen-bond acceptors (Lipinski definition) is 1. The van der Waals surface area contributed by atoms with Crippen LogP contribution in [0.25, 0.3) is 0 Å². The summed E-state index contributed by atoms with van der Waals surface area (Å²) in [6.07, 6.45) is 9.86. The average Bonchev–Trinajstić information content (AvgIpc) is 2.41. The maximum absolute atomic E-state index is 3.80. The first-order valence-corrected chi connectivity index (χ1v) is 6.97. The van der Waals surface area contributed by atoms with Gasteiger partial charge in [0.2, 0.25) is 0 Å². The van der Waals surface area contributed by atoms with Gasteiger partial charge in [0.15, 0.2) is 0 Å². The molecule has 0 saturated heterocycles. The molecule has 0 spiro atoms. The van der Waals surface area contributed by atoms with Gasteiger partial charge < -0.3 is 5.32 Å². The normalized spacial score (nSPS) is 29.8. The first-order chi connectivity index (χ1) is 7.24. The van der Waals surface area contributed by atoms with Gasteiger partial charge in [0.25, 0.3) is 0 Å². The van der Waals surface area contributed by atoms with Gasteiger partial charge in [-0.1, -0.05) is 46.5 Å². The van der Waals surface area contributed by atoms with E-state index in [4.69, 9.17) is 0 Å². The lowest BCUT2D eigenvalue weighted by molar-refractivity contribution is 0.331. The van der Waals surface area contributed by atoms with Crippen molar-refractivity contribution in [2.24, 2.45) is 11.8 Å². The molecule has 0 aromatic carbocycles. The third kappa shape index (κ3) is 5.01. The van der Waals surface area contributed by atoms with Crippen LogP contribution in [-0.2, 0) is 0 Å². The molecular formula is C14H29N. The lowest BCUT2D eigenvalue weighted by Crippen LogP contribution is -2.37. The van der Waals surface area contributed by atoms with Crippen LogP contribution in [0.3, 0.4) is 0 Å². The minimum absolute atomic E-state index is 0.798. The van der Waals surface area contributed by atoms with Crippen LogP contribution in [0, 0.1) is 11.8 Å². The van der Waals surface area contributed by atoms with Crippen molar-refractivity contribution in [3.8, 4) is 0 Å². The van der Waals surface area contributed by atoms with Gasteiger partial charge in [0, 0.05) is 6.04 Å². The van der Waals surface area contributed by atoms with Crippen molar-refractivity contribution < 1.29 is 0 Å². The van der Waals surface area contributed by atoms with Crippen molar-refractivity contribution in [1.29, 1.82) is 0 Å². The Morgan fingerprint density at radius 2 is 1.93 bits per heavy atom. The van der Waals surface area contributed by atoms with E-state index in [1.54, 1.807) is 0 Å². The highest BCUT2D eigenvalue weighted by atomic mass is 14.9. The molecule has 0 amide bonds. The Kier molecular flexibility index (Phi) is 6.31. The molecule has 1 heteroatoms. The summed E-state index contributed by atoms with van der Waals surface area (Å²) in [4.78, 5) is 0. The summed E-state index contributed by atoms with van der Waals surface area (Å²) < 4.78 is 0. The predicted molar refractivity (Wildman–Crippen MR) is 68.1 cm³/mol. The average molecular weight is 211 g/mol. The summed E-state index contributed by atoms with van der Waals surface area (Å²) in [5.74, 6) is 1.74. The van der Waals surface area contributed by atoms with Crippen LogP contribution in [0.4, 0.5) is 0 Å². The predicted octanol–water partition coefficient (Wildman–Crippen LogP) is 3.98. The molecule has 1 nitrogen and oxygen atoms in total. The summed E-state index contributed by atoms with van der Waals surface area (Å²) in [6.45, 7) is 8.30.